The van der Waals surface area contributed by atoms with Crippen molar-refractivity contribution in [3.63, 3.8) is 0 Å². The first-order valence-corrected chi connectivity index (χ1v) is 10.8. The van der Waals surface area contributed by atoms with Gasteiger partial charge in [-0.1, -0.05) is 19.9 Å². The van der Waals surface area contributed by atoms with E-state index in [9.17, 15) is 4.79 Å². The highest BCUT2D eigenvalue weighted by Gasteiger charge is 2.52. The van der Waals surface area contributed by atoms with E-state index in [0.717, 1.165) is 38.9 Å². The standard InChI is InChI=1S/C23H37N3O2/c1-18(2)9-13-25(5)19-10-14-26(16-19)23(11-15-28-22(3,4)17-23)21(27)20-8-6-7-12-24-20/h6-8,12,18-19H,9-11,13-17H2,1-5H3/t19-,23+/m1/s1. The van der Waals surface area contributed by atoms with Crippen LogP contribution in [0.15, 0.2) is 24.4 Å². The maximum Gasteiger partial charge on any atom is 0.201 e. The van der Waals surface area contributed by atoms with Gasteiger partial charge in [-0.25, -0.2) is 0 Å². The zero-order chi connectivity index (χ0) is 20.4. The summed E-state index contributed by atoms with van der Waals surface area (Å²) in [7, 11) is 2.23. The quantitative estimate of drug-likeness (QED) is 0.669. The number of aromatic nitrogens is 1. The number of nitrogens with zero attached hydrogens (tertiary/aromatic N) is 3. The summed E-state index contributed by atoms with van der Waals surface area (Å²) in [6.45, 7) is 12.4. The largest absolute Gasteiger partial charge is 0.375 e. The summed E-state index contributed by atoms with van der Waals surface area (Å²) in [5.74, 6) is 0.878. The predicted molar refractivity (Wildman–Crippen MR) is 113 cm³/mol. The molecule has 2 atom stereocenters. The topological polar surface area (TPSA) is 45.7 Å². The molecule has 0 spiro atoms. The van der Waals surface area contributed by atoms with Crippen LogP contribution in [-0.2, 0) is 4.74 Å². The van der Waals surface area contributed by atoms with Crippen LogP contribution < -0.4 is 0 Å². The highest BCUT2D eigenvalue weighted by Crippen LogP contribution is 2.40. The molecule has 0 amide bonds. The van der Waals surface area contributed by atoms with E-state index < -0.39 is 5.54 Å². The van der Waals surface area contributed by atoms with Gasteiger partial charge in [-0.15, -0.1) is 0 Å². The maximum absolute atomic E-state index is 13.7. The molecule has 1 aromatic rings. The Morgan fingerprint density at radius 3 is 2.82 bits per heavy atom. The molecular weight excluding hydrogens is 350 g/mol. The highest BCUT2D eigenvalue weighted by atomic mass is 16.5. The normalized spacial score (nSPS) is 28.2. The fourth-order valence-electron chi connectivity index (χ4n) is 4.82. The van der Waals surface area contributed by atoms with Gasteiger partial charge in [0.05, 0.1) is 11.1 Å². The number of rotatable bonds is 7. The van der Waals surface area contributed by atoms with E-state index in [1.807, 2.05) is 18.2 Å². The van der Waals surface area contributed by atoms with Crippen LogP contribution in [0.4, 0.5) is 0 Å². The molecule has 0 unspecified atom stereocenters. The Morgan fingerprint density at radius 1 is 1.39 bits per heavy atom. The van der Waals surface area contributed by atoms with E-state index in [1.54, 1.807) is 6.20 Å². The van der Waals surface area contributed by atoms with Gasteiger partial charge in [-0.05, 0) is 64.8 Å². The number of ether oxygens (including phenoxy) is 1. The fraction of sp³-hybridized carbons (Fsp3) is 0.739. The van der Waals surface area contributed by atoms with Crippen LogP contribution in [0.5, 0.6) is 0 Å². The molecular formula is C23H37N3O2. The van der Waals surface area contributed by atoms with Gasteiger partial charge in [0.15, 0.2) is 0 Å². The molecule has 0 aromatic carbocycles. The van der Waals surface area contributed by atoms with E-state index in [1.165, 1.54) is 6.42 Å². The number of likely N-dealkylation sites (N-methyl/N-ethyl adjacent to an activating group) is 1. The second-order valence-electron chi connectivity index (χ2n) is 9.66. The maximum atomic E-state index is 13.7. The minimum atomic E-state index is -0.510. The number of ketones is 1. The molecule has 0 aliphatic carbocycles. The lowest BCUT2D eigenvalue weighted by Crippen LogP contribution is -2.61. The lowest BCUT2D eigenvalue weighted by atomic mass is 9.76. The number of Topliss-reactive ketones (excluding diaryl/α,β-unsaturated/α-hetero) is 1. The summed E-state index contributed by atoms with van der Waals surface area (Å²) in [6.07, 6.45) is 5.52. The Bertz CT molecular complexity index is 661. The summed E-state index contributed by atoms with van der Waals surface area (Å²) in [6, 6.07) is 6.14. The summed E-state index contributed by atoms with van der Waals surface area (Å²) in [4.78, 5) is 23.0. The molecule has 0 radical (unpaired) electrons. The second kappa shape index (κ2) is 8.60. The minimum Gasteiger partial charge on any atom is -0.375 e. The van der Waals surface area contributed by atoms with Gasteiger partial charge in [-0.3, -0.25) is 14.7 Å². The van der Waals surface area contributed by atoms with Crippen LogP contribution in [0.2, 0.25) is 0 Å². The third-order valence-corrected chi connectivity index (χ3v) is 6.50. The number of hydrogen-bond donors (Lipinski definition) is 0. The smallest absolute Gasteiger partial charge is 0.201 e. The third kappa shape index (κ3) is 4.64. The van der Waals surface area contributed by atoms with Gasteiger partial charge >= 0.3 is 0 Å². The van der Waals surface area contributed by atoms with Crippen molar-refractivity contribution in [2.45, 2.75) is 70.6 Å². The molecule has 2 aliphatic heterocycles. The lowest BCUT2D eigenvalue weighted by molar-refractivity contribution is -0.104. The Balaban J connectivity index is 1.81. The number of carbonyl (C=O) groups is 1. The molecule has 3 heterocycles. The van der Waals surface area contributed by atoms with Crippen LogP contribution in [0, 0.1) is 5.92 Å². The van der Waals surface area contributed by atoms with Gasteiger partial charge in [0.2, 0.25) is 5.78 Å². The van der Waals surface area contributed by atoms with Crippen molar-refractivity contribution >= 4 is 5.78 Å². The molecule has 2 saturated heterocycles. The van der Waals surface area contributed by atoms with E-state index in [0.29, 0.717) is 24.3 Å². The number of pyridine rings is 1. The molecule has 0 saturated carbocycles. The molecule has 28 heavy (non-hydrogen) atoms. The number of carbonyl (C=O) groups excluding carboxylic acids is 1. The molecule has 5 nitrogen and oxygen atoms in total. The molecule has 3 rings (SSSR count). The molecule has 5 heteroatoms. The Labute approximate surface area is 170 Å². The predicted octanol–water partition coefficient (Wildman–Crippen LogP) is 3.64. The zero-order valence-electron chi connectivity index (χ0n) is 18.3. The van der Waals surface area contributed by atoms with Crippen LogP contribution in [0.25, 0.3) is 0 Å². The molecule has 156 valence electrons. The summed E-state index contributed by atoms with van der Waals surface area (Å²) in [5.41, 5.74) is -0.231. The monoisotopic (exact) mass is 387 g/mol. The third-order valence-electron chi connectivity index (χ3n) is 6.50. The van der Waals surface area contributed by atoms with Gasteiger partial charge in [0, 0.05) is 38.4 Å². The van der Waals surface area contributed by atoms with Gasteiger partial charge in [0.1, 0.15) is 5.69 Å². The average Bonchev–Trinajstić information content (AvgIpc) is 3.16. The second-order valence-corrected chi connectivity index (χ2v) is 9.66. The summed E-state index contributed by atoms with van der Waals surface area (Å²) >= 11 is 0. The van der Waals surface area contributed by atoms with Crippen molar-refractivity contribution in [1.29, 1.82) is 0 Å². The molecule has 0 bridgehead atoms. The first-order valence-electron chi connectivity index (χ1n) is 10.8. The molecule has 1 aromatic heterocycles. The van der Waals surface area contributed by atoms with Crippen LogP contribution in [-0.4, -0.2) is 71.0 Å². The average molecular weight is 388 g/mol. The highest BCUT2D eigenvalue weighted by molar-refractivity contribution is 6.02. The molecule has 2 aliphatic rings. The van der Waals surface area contributed by atoms with E-state index >= 15 is 0 Å². The zero-order valence-corrected chi connectivity index (χ0v) is 18.3. The number of hydrogen-bond acceptors (Lipinski definition) is 5. The van der Waals surface area contributed by atoms with Crippen LogP contribution in [0.1, 0.15) is 63.9 Å². The van der Waals surface area contributed by atoms with Crippen molar-refractivity contribution < 1.29 is 9.53 Å². The van der Waals surface area contributed by atoms with E-state index in [2.05, 4.69) is 49.5 Å². The van der Waals surface area contributed by atoms with Crippen molar-refractivity contribution in [3.05, 3.63) is 30.1 Å². The fourth-order valence-corrected chi connectivity index (χ4v) is 4.82. The van der Waals surface area contributed by atoms with Gasteiger partial charge < -0.3 is 9.64 Å². The SMILES string of the molecule is CC(C)CCN(C)[C@@H]1CCN([C@@]2(C(=O)c3ccccn3)CCOC(C)(C)C2)C1. The van der Waals surface area contributed by atoms with Crippen LogP contribution >= 0.6 is 0 Å². The minimum absolute atomic E-state index is 0.162. The van der Waals surface area contributed by atoms with E-state index in [-0.39, 0.29) is 11.4 Å². The Hall–Kier alpha value is -1.30. The number of likely N-dealkylation sites (tertiary alicyclic amines) is 1. The van der Waals surface area contributed by atoms with Crippen LogP contribution in [0.3, 0.4) is 0 Å². The first-order chi connectivity index (χ1) is 13.2. The van der Waals surface area contributed by atoms with Crippen molar-refractivity contribution in [2.75, 3.05) is 33.3 Å². The molecule has 2 fully saturated rings. The Morgan fingerprint density at radius 2 is 2.18 bits per heavy atom. The summed E-state index contributed by atoms with van der Waals surface area (Å²) < 4.78 is 6.00. The van der Waals surface area contributed by atoms with Crippen molar-refractivity contribution in [1.82, 2.24) is 14.8 Å². The first kappa shape index (κ1) is 21.4. The Kier molecular flexibility index (Phi) is 6.58. The van der Waals surface area contributed by atoms with Crippen molar-refractivity contribution in [2.24, 2.45) is 5.92 Å². The van der Waals surface area contributed by atoms with Gasteiger partial charge in [-0.2, -0.15) is 0 Å². The lowest BCUT2D eigenvalue weighted by Gasteiger charge is -2.48. The van der Waals surface area contributed by atoms with Gasteiger partial charge in [0.25, 0.3) is 0 Å². The summed E-state index contributed by atoms with van der Waals surface area (Å²) in [5, 5.41) is 0. The van der Waals surface area contributed by atoms with E-state index in [4.69, 9.17) is 4.74 Å². The molecule has 0 N–H and O–H groups in total. The van der Waals surface area contributed by atoms with Crippen molar-refractivity contribution in [3.8, 4) is 0 Å².